The highest BCUT2D eigenvalue weighted by Crippen LogP contribution is 2.30. The SMILES string of the molecule is COc1ccc(NC(=O)CSc2nc3ccccc3n2CC(=O)N2[C@@H](C)CCC[C@@H]2C)cc1OC. The quantitative estimate of drug-likeness (QED) is 0.460. The third kappa shape index (κ3) is 5.56. The van der Waals surface area contributed by atoms with Crippen LogP contribution in [-0.4, -0.2) is 58.3 Å². The number of imidazole rings is 1. The molecule has 8 nitrogen and oxygen atoms in total. The highest BCUT2D eigenvalue weighted by molar-refractivity contribution is 7.99. The van der Waals surface area contributed by atoms with Gasteiger partial charge < -0.3 is 24.3 Å². The molecule has 2 amide bonds. The number of hydrogen-bond acceptors (Lipinski definition) is 6. The maximum absolute atomic E-state index is 13.3. The van der Waals surface area contributed by atoms with Gasteiger partial charge in [0.2, 0.25) is 11.8 Å². The number of nitrogens with one attached hydrogen (secondary N) is 1. The third-order valence-corrected chi connectivity index (χ3v) is 7.37. The third-order valence-electron chi connectivity index (χ3n) is 6.39. The molecule has 0 saturated carbocycles. The largest absolute Gasteiger partial charge is 0.493 e. The number of carbonyl (C=O) groups excluding carboxylic acids is 2. The van der Waals surface area contributed by atoms with Gasteiger partial charge in [-0.2, -0.15) is 0 Å². The van der Waals surface area contributed by atoms with Gasteiger partial charge in [-0.1, -0.05) is 23.9 Å². The van der Waals surface area contributed by atoms with E-state index in [0.717, 1.165) is 30.3 Å². The van der Waals surface area contributed by atoms with E-state index < -0.39 is 0 Å². The van der Waals surface area contributed by atoms with Crippen LogP contribution in [-0.2, 0) is 16.1 Å². The average Bonchev–Trinajstić information content (AvgIpc) is 3.19. The second kappa shape index (κ2) is 11.0. The van der Waals surface area contributed by atoms with Gasteiger partial charge in [-0.3, -0.25) is 9.59 Å². The maximum atomic E-state index is 13.3. The van der Waals surface area contributed by atoms with E-state index in [9.17, 15) is 9.59 Å². The van der Waals surface area contributed by atoms with E-state index in [2.05, 4.69) is 19.2 Å². The first-order chi connectivity index (χ1) is 16.9. The van der Waals surface area contributed by atoms with Crippen molar-refractivity contribution >= 4 is 40.3 Å². The smallest absolute Gasteiger partial charge is 0.243 e. The van der Waals surface area contributed by atoms with Crippen LogP contribution in [0.5, 0.6) is 11.5 Å². The fourth-order valence-electron chi connectivity index (χ4n) is 4.69. The Morgan fingerprint density at radius 3 is 2.49 bits per heavy atom. The molecule has 1 saturated heterocycles. The number of benzene rings is 2. The van der Waals surface area contributed by atoms with Gasteiger partial charge in [0.25, 0.3) is 0 Å². The summed E-state index contributed by atoms with van der Waals surface area (Å²) in [6, 6.07) is 13.4. The van der Waals surface area contributed by atoms with Crippen molar-refractivity contribution in [3.05, 3.63) is 42.5 Å². The zero-order valence-corrected chi connectivity index (χ0v) is 21.4. The van der Waals surface area contributed by atoms with E-state index in [-0.39, 0.29) is 36.2 Å². The maximum Gasteiger partial charge on any atom is 0.243 e. The Hall–Kier alpha value is -3.20. The molecule has 0 bridgehead atoms. The van der Waals surface area contributed by atoms with E-state index in [4.69, 9.17) is 14.5 Å². The summed E-state index contributed by atoms with van der Waals surface area (Å²) in [6.07, 6.45) is 3.20. The van der Waals surface area contributed by atoms with Crippen molar-refractivity contribution < 1.29 is 19.1 Å². The molecule has 35 heavy (non-hydrogen) atoms. The van der Waals surface area contributed by atoms with Crippen LogP contribution in [0.1, 0.15) is 33.1 Å². The van der Waals surface area contributed by atoms with Crippen LogP contribution in [0.4, 0.5) is 5.69 Å². The number of ether oxygens (including phenoxy) is 2. The molecule has 2 atom stereocenters. The molecule has 1 aliphatic heterocycles. The molecule has 1 fully saturated rings. The molecule has 4 rings (SSSR count). The lowest BCUT2D eigenvalue weighted by molar-refractivity contribution is -0.138. The fourth-order valence-corrected chi connectivity index (χ4v) is 5.50. The van der Waals surface area contributed by atoms with Crippen molar-refractivity contribution in [1.82, 2.24) is 14.5 Å². The van der Waals surface area contributed by atoms with Crippen LogP contribution in [0.15, 0.2) is 47.6 Å². The fraction of sp³-hybridized carbons (Fsp3) is 0.423. The number of para-hydroxylation sites is 2. The molecule has 9 heteroatoms. The predicted octanol–water partition coefficient (Wildman–Crippen LogP) is 4.57. The highest BCUT2D eigenvalue weighted by atomic mass is 32.2. The van der Waals surface area contributed by atoms with Gasteiger partial charge in [0.15, 0.2) is 16.7 Å². The minimum absolute atomic E-state index is 0.0875. The summed E-state index contributed by atoms with van der Waals surface area (Å²) >= 11 is 1.32. The van der Waals surface area contributed by atoms with Gasteiger partial charge >= 0.3 is 0 Å². The number of likely N-dealkylation sites (tertiary alicyclic amines) is 1. The number of amides is 2. The second-order valence-corrected chi connectivity index (χ2v) is 9.75. The lowest BCUT2D eigenvalue weighted by Crippen LogP contribution is -2.48. The molecule has 1 aromatic heterocycles. The van der Waals surface area contributed by atoms with E-state index >= 15 is 0 Å². The molecule has 0 unspecified atom stereocenters. The zero-order chi connectivity index (χ0) is 24.9. The Balaban J connectivity index is 1.49. The van der Waals surface area contributed by atoms with Crippen molar-refractivity contribution in [3.8, 4) is 11.5 Å². The van der Waals surface area contributed by atoms with Crippen LogP contribution >= 0.6 is 11.8 Å². The highest BCUT2D eigenvalue weighted by Gasteiger charge is 2.29. The summed E-state index contributed by atoms with van der Waals surface area (Å²) in [7, 11) is 3.12. The molecule has 0 radical (unpaired) electrons. The summed E-state index contributed by atoms with van der Waals surface area (Å²) in [4.78, 5) is 32.8. The number of hydrogen-bond donors (Lipinski definition) is 1. The number of carbonyl (C=O) groups is 2. The Kier molecular flexibility index (Phi) is 7.85. The molecule has 0 aliphatic carbocycles. The summed E-state index contributed by atoms with van der Waals surface area (Å²) in [6.45, 7) is 4.44. The van der Waals surface area contributed by atoms with Gasteiger partial charge in [0.1, 0.15) is 6.54 Å². The standard InChI is InChI=1S/C26H32N4O4S/c1-17-8-7-9-18(2)30(17)25(32)15-29-21-11-6-5-10-20(21)28-26(29)35-16-24(31)27-19-12-13-22(33-3)23(14-19)34-4/h5-6,10-14,17-18H,7-9,15-16H2,1-4H3,(H,27,31)/t17-,18-/m0/s1. The Labute approximate surface area is 210 Å². The topological polar surface area (TPSA) is 85.7 Å². The molecule has 0 spiro atoms. The van der Waals surface area contributed by atoms with Crippen LogP contribution in [0.25, 0.3) is 11.0 Å². The van der Waals surface area contributed by atoms with Gasteiger partial charge in [-0.05, 0) is 57.4 Å². The van der Waals surface area contributed by atoms with Crippen molar-refractivity contribution in [2.24, 2.45) is 0 Å². The number of piperidine rings is 1. The van der Waals surface area contributed by atoms with Gasteiger partial charge in [-0.15, -0.1) is 0 Å². The van der Waals surface area contributed by atoms with Crippen LogP contribution in [0.3, 0.4) is 0 Å². The lowest BCUT2D eigenvalue weighted by atomic mass is 9.97. The predicted molar refractivity (Wildman–Crippen MR) is 138 cm³/mol. The van der Waals surface area contributed by atoms with Crippen LogP contribution < -0.4 is 14.8 Å². The van der Waals surface area contributed by atoms with Crippen molar-refractivity contribution in [2.45, 2.75) is 56.9 Å². The lowest BCUT2D eigenvalue weighted by Gasteiger charge is -2.39. The van der Waals surface area contributed by atoms with E-state index in [1.807, 2.05) is 33.7 Å². The monoisotopic (exact) mass is 496 g/mol. The molecule has 2 heterocycles. The molecule has 186 valence electrons. The van der Waals surface area contributed by atoms with Gasteiger partial charge in [0, 0.05) is 23.8 Å². The number of nitrogens with zero attached hydrogens (tertiary/aromatic N) is 3. The second-order valence-electron chi connectivity index (χ2n) is 8.81. The number of fused-ring (bicyclic) bond motifs is 1. The van der Waals surface area contributed by atoms with Crippen molar-refractivity contribution in [1.29, 1.82) is 0 Å². The summed E-state index contributed by atoms with van der Waals surface area (Å²) in [5.41, 5.74) is 2.31. The number of thioether (sulfide) groups is 1. The summed E-state index contributed by atoms with van der Waals surface area (Å²) in [5, 5.41) is 3.54. The van der Waals surface area contributed by atoms with E-state index in [0.29, 0.717) is 22.3 Å². The zero-order valence-electron chi connectivity index (χ0n) is 20.6. The Bertz CT molecular complexity index is 1200. The molecule has 2 aromatic carbocycles. The molecular weight excluding hydrogens is 464 g/mol. The molecule has 1 N–H and O–H groups in total. The number of rotatable bonds is 8. The van der Waals surface area contributed by atoms with Crippen molar-refractivity contribution in [3.63, 3.8) is 0 Å². The van der Waals surface area contributed by atoms with E-state index in [1.54, 1.807) is 32.4 Å². The summed E-state index contributed by atoms with van der Waals surface area (Å²) in [5.74, 6) is 1.20. The molecule has 3 aromatic rings. The first kappa shape index (κ1) is 24.9. The first-order valence-electron chi connectivity index (χ1n) is 11.8. The van der Waals surface area contributed by atoms with Crippen molar-refractivity contribution in [2.75, 3.05) is 25.3 Å². The van der Waals surface area contributed by atoms with Gasteiger partial charge in [-0.25, -0.2) is 4.98 Å². The minimum atomic E-state index is -0.176. The molecule has 1 aliphatic rings. The molecular formula is C26H32N4O4S. The number of methoxy groups -OCH3 is 2. The van der Waals surface area contributed by atoms with Gasteiger partial charge in [0.05, 0.1) is 31.0 Å². The van der Waals surface area contributed by atoms with E-state index in [1.165, 1.54) is 11.8 Å². The number of anilines is 1. The minimum Gasteiger partial charge on any atom is -0.493 e. The summed E-state index contributed by atoms with van der Waals surface area (Å²) < 4.78 is 12.5. The average molecular weight is 497 g/mol. The Morgan fingerprint density at radius 1 is 1.06 bits per heavy atom. The van der Waals surface area contributed by atoms with Crippen LogP contribution in [0, 0.1) is 0 Å². The Morgan fingerprint density at radius 2 is 1.77 bits per heavy atom. The number of aromatic nitrogens is 2. The first-order valence-corrected chi connectivity index (χ1v) is 12.8. The van der Waals surface area contributed by atoms with Crippen LogP contribution in [0.2, 0.25) is 0 Å². The normalized spacial score (nSPS) is 17.9.